The van der Waals surface area contributed by atoms with E-state index in [4.69, 9.17) is 23.2 Å². The Hall–Kier alpha value is -1.30. The van der Waals surface area contributed by atoms with E-state index < -0.39 is 6.04 Å². The Bertz CT molecular complexity index is 698. The van der Waals surface area contributed by atoms with Gasteiger partial charge in [0.05, 0.1) is 10.6 Å². The van der Waals surface area contributed by atoms with Gasteiger partial charge in [0.2, 0.25) is 5.91 Å². The van der Waals surface area contributed by atoms with Crippen LogP contribution in [0.15, 0.2) is 18.2 Å². The molecule has 2 amide bonds. The van der Waals surface area contributed by atoms with Crippen molar-refractivity contribution in [3.8, 4) is 0 Å². The average molecular weight is 412 g/mol. The highest BCUT2D eigenvalue weighted by atomic mass is 35.5. The highest BCUT2D eigenvalue weighted by Gasteiger charge is 2.33. The van der Waals surface area contributed by atoms with E-state index in [9.17, 15) is 9.59 Å². The summed E-state index contributed by atoms with van der Waals surface area (Å²) in [6.45, 7) is 5.91. The van der Waals surface area contributed by atoms with Crippen LogP contribution in [-0.2, 0) is 4.79 Å². The Morgan fingerprint density at radius 2 is 1.78 bits per heavy atom. The van der Waals surface area contributed by atoms with Crippen LogP contribution in [0.4, 0.5) is 0 Å². The maximum atomic E-state index is 12.8. The molecule has 0 bridgehead atoms. The lowest BCUT2D eigenvalue weighted by molar-refractivity contribution is -0.125. The number of piperidine rings is 1. The molecule has 1 aliphatic heterocycles. The molecule has 1 saturated heterocycles. The minimum Gasteiger partial charge on any atom is -0.351 e. The summed E-state index contributed by atoms with van der Waals surface area (Å²) in [6.07, 6.45) is 4.55. The van der Waals surface area contributed by atoms with E-state index in [0.29, 0.717) is 10.6 Å². The second kappa shape index (κ2) is 8.80. The molecular formula is C20H27Cl2N3O2. The second-order valence-electron chi connectivity index (χ2n) is 7.87. The van der Waals surface area contributed by atoms with Crippen molar-refractivity contribution >= 4 is 35.0 Å². The predicted molar refractivity (Wildman–Crippen MR) is 108 cm³/mol. The number of benzene rings is 1. The molecule has 2 fully saturated rings. The van der Waals surface area contributed by atoms with Gasteiger partial charge in [-0.2, -0.15) is 0 Å². The summed E-state index contributed by atoms with van der Waals surface area (Å²) in [4.78, 5) is 27.9. The van der Waals surface area contributed by atoms with E-state index >= 15 is 0 Å². The summed E-state index contributed by atoms with van der Waals surface area (Å²) in [5.41, 5.74) is 0.317. The minimum absolute atomic E-state index is 0.0356. The lowest BCUT2D eigenvalue weighted by Gasteiger charge is -2.33. The molecule has 0 spiro atoms. The summed E-state index contributed by atoms with van der Waals surface area (Å²) in [5.74, 6) is -0.533. The first-order valence-corrected chi connectivity index (χ1v) is 10.4. The summed E-state index contributed by atoms with van der Waals surface area (Å²) < 4.78 is 0. The molecule has 2 aliphatic rings. The number of nitrogens with zero attached hydrogens (tertiary/aromatic N) is 1. The Kier molecular flexibility index (Phi) is 6.66. The maximum Gasteiger partial charge on any atom is 0.253 e. The average Bonchev–Trinajstić information content (AvgIpc) is 3.44. The van der Waals surface area contributed by atoms with Gasteiger partial charge < -0.3 is 15.5 Å². The van der Waals surface area contributed by atoms with Crippen molar-refractivity contribution in [2.24, 2.45) is 5.92 Å². The third-order valence-corrected chi connectivity index (χ3v) is 5.90. The zero-order chi connectivity index (χ0) is 19.6. The van der Waals surface area contributed by atoms with Gasteiger partial charge in [0, 0.05) is 30.2 Å². The van der Waals surface area contributed by atoms with Crippen molar-refractivity contribution in [1.29, 1.82) is 0 Å². The molecule has 7 heteroatoms. The fourth-order valence-corrected chi connectivity index (χ4v) is 4.06. The van der Waals surface area contributed by atoms with Crippen molar-refractivity contribution in [2.75, 3.05) is 13.1 Å². The topological polar surface area (TPSA) is 61.4 Å². The fraction of sp³-hybridized carbons (Fsp3) is 0.600. The van der Waals surface area contributed by atoms with E-state index in [0.717, 1.165) is 32.0 Å². The number of likely N-dealkylation sites (tertiary alicyclic amines) is 1. The molecule has 1 heterocycles. The van der Waals surface area contributed by atoms with Gasteiger partial charge in [-0.25, -0.2) is 0 Å². The van der Waals surface area contributed by atoms with Gasteiger partial charge in [-0.1, -0.05) is 37.0 Å². The van der Waals surface area contributed by atoms with Gasteiger partial charge in [0.15, 0.2) is 0 Å². The first-order chi connectivity index (χ1) is 12.8. The normalized spacial score (nSPS) is 19.7. The van der Waals surface area contributed by atoms with Crippen LogP contribution in [-0.4, -0.2) is 47.9 Å². The first kappa shape index (κ1) is 20.4. The van der Waals surface area contributed by atoms with E-state index in [1.165, 1.54) is 18.9 Å². The molecule has 0 radical (unpaired) electrons. The van der Waals surface area contributed by atoms with E-state index in [1.54, 1.807) is 12.1 Å². The Labute approximate surface area is 170 Å². The van der Waals surface area contributed by atoms with Gasteiger partial charge in [-0.05, 0) is 49.8 Å². The van der Waals surface area contributed by atoms with Crippen LogP contribution in [0.2, 0.25) is 10.0 Å². The highest BCUT2D eigenvalue weighted by Crippen LogP contribution is 2.29. The smallest absolute Gasteiger partial charge is 0.253 e. The monoisotopic (exact) mass is 411 g/mol. The Balaban J connectivity index is 1.57. The molecule has 27 heavy (non-hydrogen) atoms. The number of carbonyl (C=O) groups is 2. The molecule has 1 aromatic carbocycles. The molecule has 3 rings (SSSR count). The third kappa shape index (κ3) is 5.37. The quantitative estimate of drug-likeness (QED) is 0.752. The molecule has 1 atom stereocenters. The number of amides is 2. The number of hydrogen-bond donors (Lipinski definition) is 2. The number of halogens is 2. The van der Waals surface area contributed by atoms with Gasteiger partial charge in [-0.3, -0.25) is 9.59 Å². The van der Waals surface area contributed by atoms with Crippen LogP contribution in [0.3, 0.4) is 0 Å². The summed E-state index contributed by atoms with van der Waals surface area (Å²) in [7, 11) is 0. The van der Waals surface area contributed by atoms with E-state index in [-0.39, 0.29) is 28.8 Å². The summed E-state index contributed by atoms with van der Waals surface area (Å²) in [6, 6.07) is 5.04. The van der Waals surface area contributed by atoms with Crippen LogP contribution in [0.25, 0.3) is 0 Å². The molecule has 1 saturated carbocycles. The SMILES string of the molecule is CC(C)[C@H](NC(=O)c1ccc(Cl)cc1Cl)C(=O)NC1CCN(C2CC2)CC1. The Morgan fingerprint density at radius 1 is 1.11 bits per heavy atom. The Morgan fingerprint density at radius 3 is 2.33 bits per heavy atom. The molecule has 2 N–H and O–H groups in total. The number of nitrogens with one attached hydrogen (secondary N) is 2. The standard InChI is InChI=1S/C20H27Cl2N3O2/c1-12(2)18(24-19(26)16-6-3-13(21)11-17(16)22)20(27)23-14-7-9-25(10-8-14)15-4-5-15/h3,6,11-12,14-15,18H,4-5,7-10H2,1-2H3,(H,23,27)(H,24,26)/t18-/m0/s1. The zero-order valence-corrected chi connectivity index (χ0v) is 17.3. The van der Waals surface area contributed by atoms with Crippen LogP contribution in [0.5, 0.6) is 0 Å². The molecular weight excluding hydrogens is 385 g/mol. The lowest BCUT2D eigenvalue weighted by atomic mass is 10.00. The van der Waals surface area contributed by atoms with Crippen LogP contribution >= 0.6 is 23.2 Å². The minimum atomic E-state index is -0.606. The van der Waals surface area contributed by atoms with Crippen LogP contribution < -0.4 is 10.6 Å². The summed E-state index contributed by atoms with van der Waals surface area (Å²) in [5, 5.41) is 6.70. The first-order valence-electron chi connectivity index (χ1n) is 9.65. The molecule has 5 nitrogen and oxygen atoms in total. The molecule has 1 aromatic rings. The number of hydrogen-bond acceptors (Lipinski definition) is 3. The molecule has 0 aromatic heterocycles. The van der Waals surface area contributed by atoms with E-state index in [1.807, 2.05) is 13.8 Å². The number of rotatable bonds is 6. The van der Waals surface area contributed by atoms with Crippen LogP contribution in [0, 0.1) is 5.92 Å². The van der Waals surface area contributed by atoms with Crippen molar-refractivity contribution in [1.82, 2.24) is 15.5 Å². The van der Waals surface area contributed by atoms with Crippen molar-refractivity contribution in [3.63, 3.8) is 0 Å². The summed E-state index contributed by atoms with van der Waals surface area (Å²) >= 11 is 12.0. The largest absolute Gasteiger partial charge is 0.351 e. The third-order valence-electron chi connectivity index (χ3n) is 5.35. The second-order valence-corrected chi connectivity index (χ2v) is 8.71. The predicted octanol–water partition coefficient (Wildman–Crippen LogP) is 3.49. The molecule has 148 valence electrons. The highest BCUT2D eigenvalue weighted by molar-refractivity contribution is 6.36. The van der Waals surface area contributed by atoms with Crippen molar-refractivity contribution in [2.45, 2.75) is 57.7 Å². The van der Waals surface area contributed by atoms with Gasteiger partial charge in [0.1, 0.15) is 6.04 Å². The van der Waals surface area contributed by atoms with Gasteiger partial charge in [0.25, 0.3) is 5.91 Å². The van der Waals surface area contributed by atoms with Gasteiger partial charge >= 0.3 is 0 Å². The van der Waals surface area contributed by atoms with Crippen LogP contribution in [0.1, 0.15) is 49.9 Å². The van der Waals surface area contributed by atoms with Gasteiger partial charge in [-0.15, -0.1) is 0 Å². The zero-order valence-electron chi connectivity index (χ0n) is 15.8. The fourth-order valence-electron chi connectivity index (χ4n) is 3.57. The maximum absolute atomic E-state index is 12.8. The number of carbonyl (C=O) groups excluding carboxylic acids is 2. The van der Waals surface area contributed by atoms with Crippen molar-refractivity contribution in [3.05, 3.63) is 33.8 Å². The van der Waals surface area contributed by atoms with E-state index in [2.05, 4.69) is 15.5 Å². The van der Waals surface area contributed by atoms with Crippen molar-refractivity contribution < 1.29 is 9.59 Å². The molecule has 1 aliphatic carbocycles. The lowest BCUT2D eigenvalue weighted by Crippen LogP contribution is -2.54. The molecule has 0 unspecified atom stereocenters.